The Kier molecular flexibility index (Phi) is 3.28. The average Bonchev–Trinajstić information content (AvgIpc) is 2.96. The third-order valence-corrected chi connectivity index (χ3v) is 3.48. The lowest BCUT2D eigenvalue weighted by atomic mass is 10.0. The Morgan fingerprint density at radius 3 is 2.48 bits per heavy atom. The number of aromatic nitrogens is 1. The molecule has 21 heavy (non-hydrogen) atoms. The van der Waals surface area contributed by atoms with Crippen molar-refractivity contribution < 1.29 is 14.3 Å². The van der Waals surface area contributed by atoms with Crippen LogP contribution in [0.4, 0.5) is 0 Å². The Hall–Kier alpha value is -2.88. The first kappa shape index (κ1) is 13.1. The van der Waals surface area contributed by atoms with Crippen LogP contribution in [0.3, 0.4) is 0 Å². The predicted octanol–water partition coefficient (Wildman–Crippen LogP) is 3.43. The second-order valence-electron chi connectivity index (χ2n) is 4.69. The van der Waals surface area contributed by atoms with Crippen LogP contribution in [0.5, 0.6) is 0 Å². The summed E-state index contributed by atoms with van der Waals surface area (Å²) >= 11 is 0. The molecule has 0 aliphatic heterocycles. The minimum Gasteiger partial charge on any atom is -0.465 e. The smallest absolute Gasteiger partial charge is 0.337 e. The van der Waals surface area contributed by atoms with Crippen LogP contribution in [0.25, 0.3) is 22.0 Å². The number of methoxy groups -OCH3 is 1. The molecule has 0 unspecified atom stereocenters. The summed E-state index contributed by atoms with van der Waals surface area (Å²) in [6, 6.07) is 13.0. The van der Waals surface area contributed by atoms with Crippen molar-refractivity contribution in [3.05, 3.63) is 59.8 Å². The quantitative estimate of drug-likeness (QED) is 0.590. The monoisotopic (exact) mass is 279 g/mol. The second kappa shape index (κ2) is 5.25. The number of fused-ring (bicyclic) bond motifs is 1. The second-order valence-corrected chi connectivity index (χ2v) is 4.69. The number of hydrogen-bond acceptors (Lipinski definition) is 3. The molecule has 0 bridgehead atoms. The van der Waals surface area contributed by atoms with Crippen LogP contribution < -0.4 is 0 Å². The number of rotatable bonds is 3. The summed E-state index contributed by atoms with van der Waals surface area (Å²) in [5.41, 5.74) is 4.03. The molecule has 0 amide bonds. The van der Waals surface area contributed by atoms with E-state index in [-0.39, 0.29) is 5.97 Å². The fraction of sp³-hybridized carbons (Fsp3) is 0.0588. The van der Waals surface area contributed by atoms with Crippen molar-refractivity contribution in [1.29, 1.82) is 0 Å². The summed E-state index contributed by atoms with van der Waals surface area (Å²) in [6.07, 6.45) is 2.53. The SMILES string of the molecule is COC(=O)c1ccc(-c2ccc3[nH]cc(C=O)c3c2)cc1. The number of ether oxygens (including phenoxy) is 1. The van der Waals surface area contributed by atoms with Crippen LogP contribution in [0, 0.1) is 0 Å². The molecule has 0 saturated carbocycles. The van der Waals surface area contributed by atoms with E-state index < -0.39 is 0 Å². The number of nitrogens with one attached hydrogen (secondary N) is 1. The van der Waals surface area contributed by atoms with Gasteiger partial charge in [-0.05, 0) is 35.4 Å². The van der Waals surface area contributed by atoms with E-state index in [0.29, 0.717) is 11.1 Å². The van der Waals surface area contributed by atoms with Gasteiger partial charge in [0.25, 0.3) is 0 Å². The Balaban J connectivity index is 2.03. The van der Waals surface area contributed by atoms with Gasteiger partial charge in [0.05, 0.1) is 12.7 Å². The zero-order chi connectivity index (χ0) is 14.8. The molecule has 4 nitrogen and oxygen atoms in total. The number of esters is 1. The van der Waals surface area contributed by atoms with Crippen LogP contribution in [-0.2, 0) is 4.74 Å². The molecule has 3 rings (SSSR count). The molecule has 0 aliphatic rings. The molecule has 0 radical (unpaired) electrons. The fourth-order valence-electron chi connectivity index (χ4n) is 2.34. The molecule has 1 N–H and O–H groups in total. The van der Waals surface area contributed by atoms with E-state index in [4.69, 9.17) is 0 Å². The highest BCUT2D eigenvalue weighted by Gasteiger charge is 2.07. The first-order chi connectivity index (χ1) is 10.2. The predicted molar refractivity (Wildman–Crippen MR) is 80.5 cm³/mol. The lowest BCUT2D eigenvalue weighted by Gasteiger charge is -2.04. The Morgan fingerprint density at radius 1 is 1.10 bits per heavy atom. The zero-order valence-electron chi connectivity index (χ0n) is 11.4. The Labute approximate surface area is 121 Å². The number of benzene rings is 2. The first-order valence-electron chi connectivity index (χ1n) is 6.48. The summed E-state index contributed by atoms with van der Waals surface area (Å²) in [5, 5.41) is 0.888. The molecular weight excluding hydrogens is 266 g/mol. The van der Waals surface area contributed by atoms with E-state index in [1.807, 2.05) is 30.3 Å². The molecule has 2 aromatic carbocycles. The summed E-state index contributed by atoms with van der Waals surface area (Å²) in [5.74, 6) is -0.356. The lowest BCUT2D eigenvalue weighted by Crippen LogP contribution is -2.00. The highest BCUT2D eigenvalue weighted by atomic mass is 16.5. The van der Waals surface area contributed by atoms with Crippen molar-refractivity contribution in [2.45, 2.75) is 0 Å². The molecule has 0 aliphatic carbocycles. The fourth-order valence-corrected chi connectivity index (χ4v) is 2.34. The van der Waals surface area contributed by atoms with Gasteiger partial charge in [0.2, 0.25) is 0 Å². The van der Waals surface area contributed by atoms with Gasteiger partial charge in [-0.15, -0.1) is 0 Å². The molecular formula is C17H13NO3. The number of carbonyl (C=O) groups is 2. The van der Waals surface area contributed by atoms with Gasteiger partial charge in [-0.2, -0.15) is 0 Å². The van der Waals surface area contributed by atoms with Crippen LogP contribution in [0.1, 0.15) is 20.7 Å². The summed E-state index contributed by atoms with van der Waals surface area (Å²) in [4.78, 5) is 25.5. The van der Waals surface area contributed by atoms with Crippen molar-refractivity contribution in [1.82, 2.24) is 4.98 Å². The summed E-state index contributed by atoms with van der Waals surface area (Å²) < 4.78 is 4.68. The van der Waals surface area contributed by atoms with Gasteiger partial charge < -0.3 is 9.72 Å². The minimum atomic E-state index is -0.356. The summed E-state index contributed by atoms with van der Waals surface area (Å²) in [6.45, 7) is 0. The highest BCUT2D eigenvalue weighted by Crippen LogP contribution is 2.26. The number of hydrogen-bond donors (Lipinski definition) is 1. The maximum absolute atomic E-state index is 11.4. The van der Waals surface area contributed by atoms with Gasteiger partial charge in [0.1, 0.15) is 0 Å². The van der Waals surface area contributed by atoms with Crippen molar-refractivity contribution in [2.24, 2.45) is 0 Å². The zero-order valence-corrected chi connectivity index (χ0v) is 11.4. The molecule has 1 aromatic heterocycles. The van der Waals surface area contributed by atoms with Crippen molar-refractivity contribution >= 4 is 23.2 Å². The standard InChI is InChI=1S/C17H13NO3/c1-21-17(20)12-4-2-11(3-5-12)13-6-7-16-15(8-13)14(10-19)9-18-16/h2-10,18H,1H3. The number of H-pyrrole nitrogens is 1. The van der Waals surface area contributed by atoms with Gasteiger partial charge in [0, 0.05) is 22.7 Å². The van der Waals surface area contributed by atoms with E-state index in [2.05, 4.69) is 9.72 Å². The number of aromatic amines is 1. The van der Waals surface area contributed by atoms with E-state index in [9.17, 15) is 9.59 Å². The van der Waals surface area contributed by atoms with Crippen molar-refractivity contribution in [2.75, 3.05) is 7.11 Å². The van der Waals surface area contributed by atoms with Gasteiger partial charge in [-0.1, -0.05) is 18.2 Å². The first-order valence-corrected chi connectivity index (χ1v) is 6.48. The largest absolute Gasteiger partial charge is 0.465 e. The molecule has 4 heteroatoms. The molecule has 0 atom stereocenters. The molecule has 3 aromatic rings. The van der Waals surface area contributed by atoms with E-state index in [1.165, 1.54) is 7.11 Å². The Morgan fingerprint density at radius 2 is 1.81 bits per heavy atom. The molecule has 0 fully saturated rings. The third kappa shape index (κ3) is 2.31. The van der Waals surface area contributed by atoms with Crippen LogP contribution in [0.15, 0.2) is 48.7 Å². The number of carbonyl (C=O) groups excluding carboxylic acids is 2. The minimum absolute atomic E-state index is 0.356. The Bertz CT molecular complexity index is 816. The number of aldehydes is 1. The maximum atomic E-state index is 11.4. The highest BCUT2D eigenvalue weighted by molar-refractivity contribution is 5.99. The summed E-state index contributed by atoms with van der Waals surface area (Å²) in [7, 11) is 1.36. The van der Waals surface area contributed by atoms with E-state index in [1.54, 1.807) is 18.3 Å². The lowest BCUT2D eigenvalue weighted by molar-refractivity contribution is 0.0600. The van der Waals surface area contributed by atoms with Gasteiger partial charge in [-0.25, -0.2) is 4.79 Å². The van der Waals surface area contributed by atoms with E-state index in [0.717, 1.165) is 28.3 Å². The van der Waals surface area contributed by atoms with Gasteiger partial charge in [-0.3, -0.25) is 4.79 Å². The van der Waals surface area contributed by atoms with Crippen LogP contribution in [0.2, 0.25) is 0 Å². The molecule has 0 spiro atoms. The third-order valence-electron chi connectivity index (χ3n) is 3.48. The van der Waals surface area contributed by atoms with Crippen LogP contribution in [-0.4, -0.2) is 24.3 Å². The maximum Gasteiger partial charge on any atom is 0.337 e. The van der Waals surface area contributed by atoms with Crippen LogP contribution >= 0.6 is 0 Å². The topological polar surface area (TPSA) is 59.2 Å². The molecule has 1 heterocycles. The van der Waals surface area contributed by atoms with Crippen molar-refractivity contribution in [3.63, 3.8) is 0 Å². The van der Waals surface area contributed by atoms with E-state index >= 15 is 0 Å². The van der Waals surface area contributed by atoms with Gasteiger partial charge >= 0.3 is 5.97 Å². The molecule has 104 valence electrons. The van der Waals surface area contributed by atoms with Crippen molar-refractivity contribution in [3.8, 4) is 11.1 Å². The normalized spacial score (nSPS) is 10.5. The molecule has 0 saturated heterocycles. The average molecular weight is 279 g/mol. The van der Waals surface area contributed by atoms with Gasteiger partial charge in [0.15, 0.2) is 6.29 Å².